The van der Waals surface area contributed by atoms with E-state index in [4.69, 9.17) is 4.74 Å². The largest absolute Gasteiger partial charge is 0.496 e. The molecule has 0 saturated carbocycles. The van der Waals surface area contributed by atoms with E-state index in [0.717, 1.165) is 0 Å². The Morgan fingerprint density at radius 2 is 2.12 bits per heavy atom. The van der Waals surface area contributed by atoms with Gasteiger partial charge in [0.25, 0.3) is 0 Å². The molecule has 0 atom stereocenters. The minimum absolute atomic E-state index is 0.0782. The molecular weight excluding hydrogens is 204 g/mol. The van der Waals surface area contributed by atoms with E-state index >= 15 is 0 Å². The second-order valence-corrected chi connectivity index (χ2v) is 3.43. The standard InChI is InChI=1S/C12H12N2O2/c1-14-8-9(7-13-14)12(15)10-5-3-4-6-11(10)16-2/h3-8H,1-2H3. The van der Waals surface area contributed by atoms with Gasteiger partial charge in [-0.2, -0.15) is 5.10 Å². The first-order chi connectivity index (χ1) is 7.72. The molecule has 0 amide bonds. The van der Waals surface area contributed by atoms with Crippen molar-refractivity contribution in [1.29, 1.82) is 0 Å². The normalized spacial score (nSPS) is 10.1. The summed E-state index contributed by atoms with van der Waals surface area (Å²) in [7, 11) is 3.33. The van der Waals surface area contributed by atoms with Gasteiger partial charge in [0.15, 0.2) is 5.78 Å². The van der Waals surface area contributed by atoms with E-state index in [1.807, 2.05) is 12.1 Å². The van der Waals surface area contributed by atoms with Crippen molar-refractivity contribution in [3.63, 3.8) is 0 Å². The second-order valence-electron chi connectivity index (χ2n) is 3.43. The van der Waals surface area contributed by atoms with Crippen LogP contribution >= 0.6 is 0 Å². The van der Waals surface area contributed by atoms with Crippen molar-refractivity contribution in [2.24, 2.45) is 7.05 Å². The lowest BCUT2D eigenvalue weighted by Crippen LogP contribution is -2.02. The number of hydrogen-bond acceptors (Lipinski definition) is 3. The molecule has 0 spiro atoms. The number of para-hydroxylation sites is 1. The number of rotatable bonds is 3. The third-order valence-corrected chi connectivity index (χ3v) is 2.32. The molecule has 4 nitrogen and oxygen atoms in total. The van der Waals surface area contributed by atoms with Gasteiger partial charge in [0.05, 0.1) is 24.4 Å². The quantitative estimate of drug-likeness (QED) is 0.733. The lowest BCUT2D eigenvalue weighted by Gasteiger charge is -2.05. The van der Waals surface area contributed by atoms with Crippen molar-refractivity contribution >= 4 is 5.78 Å². The minimum Gasteiger partial charge on any atom is -0.496 e. The van der Waals surface area contributed by atoms with Gasteiger partial charge in [-0.05, 0) is 12.1 Å². The molecule has 82 valence electrons. The summed E-state index contributed by atoms with van der Waals surface area (Å²) in [6, 6.07) is 7.16. The van der Waals surface area contributed by atoms with Crippen LogP contribution in [0.25, 0.3) is 0 Å². The Labute approximate surface area is 93.5 Å². The van der Waals surface area contributed by atoms with E-state index < -0.39 is 0 Å². The third kappa shape index (κ3) is 1.82. The third-order valence-electron chi connectivity index (χ3n) is 2.32. The fraction of sp³-hybridized carbons (Fsp3) is 0.167. The molecule has 0 saturated heterocycles. The first-order valence-corrected chi connectivity index (χ1v) is 4.88. The maximum Gasteiger partial charge on any atom is 0.199 e. The number of aromatic nitrogens is 2. The van der Waals surface area contributed by atoms with Crippen LogP contribution in [0, 0.1) is 0 Å². The van der Waals surface area contributed by atoms with Gasteiger partial charge in [0.1, 0.15) is 5.75 Å². The molecule has 2 aromatic rings. The van der Waals surface area contributed by atoms with Gasteiger partial charge in [-0.25, -0.2) is 0 Å². The molecule has 0 bridgehead atoms. The predicted molar refractivity (Wildman–Crippen MR) is 59.6 cm³/mol. The molecule has 2 rings (SSSR count). The Balaban J connectivity index is 2.41. The Bertz CT molecular complexity index is 517. The number of carbonyl (C=O) groups excluding carboxylic acids is 1. The highest BCUT2D eigenvalue weighted by molar-refractivity contribution is 6.10. The molecule has 16 heavy (non-hydrogen) atoms. The summed E-state index contributed by atoms with van der Waals surface area (Å²) >= 11 is 0. The van der Waals surface area contributed by atoms with Crippen molar-refractivity contribution < 1.29 is 9.53 Å². The van der Waals surface area contributed by atoms with Crippen LogP contribution in [0.4, 0.5) is 0 Å². The number of nitrogens with zero attached hydrogens (tertiary/aromatic N) is 2. The summed E-state index contributed by atoms with van der Waals surface area (Å²) in [5.74, 6) is 0.502. The molecule has 4 heteroatoms. The molecule has 0 fully saturated rings. The van der Waals surface area contributed by atoms with E-state index in [9.17, 15) is 4.79 Å². The van der Waals surface area contributed by atoms with Crippen LogP contribution in [0.5, 0.6) is 5.75 Å². The van der Waals surface area contributed by atoms with E-state index in [-0.39, 0.29) is 5.78 Å². The maximum absolute atomic E-state index is 12.1. The van der Waals surface area contributed by atoms with E-state index in [0.29, 0.717) is 16.9 Å². The van der Waals surface area contributed by atoms with Gasteiger partial charge in [-0.1, -0.05) is 12.1 Å². The molecule has 0 radical (unpaired) electrons. The molecule has 1 aromatic heterocycles. The highest BCUT2D eigenvalue weighted by Gasteiger charge is 2.14. The van der Waals surface area contributed by atoms with Crippen LogP contribution in [0.3, 0.4) is 0 Å². The van der Waals surface area contributed by atoms with Crippen molar-refractivity contribution in [1.82, 2.24) is 9.78 Å². The van der Waals surface area contributed by atoms with Crippen molar-refractivity contribution in [2.75, 3.05) is 7.11 Å². The molecule has 0 N–H and O–H groups in total. The second kappa shape index (κ2) is 4.18. The van der Waals surface area contributed by atoms with Crippen LogP contribution in [-0.2, 0) is 7.05 Å². The number of hydrogen-bond donors (Lipinski definition) is 0. The van der Waals surface area contributed by atoms with Gasteiger partial charge in [0.2, 0.25) is 0 Å². The summed E-state index contributed by atoms with van der Waals surface area (Å²) in [5.41, 5.74) is 1.12. The lowest BCUT2D eigenvalue weighted by atomic mass is 10.1. The number of ketones is 1. The van der Waals surface area contributed by atoms with Crippen molar-refractivity contribution in [3.8, 4) is 5.75 Å². The van der Waals surface area contributed by atoms with Gasteiger partial charge in [0, 0.05) is 13.2 Å². The lowest BCUT2D eigenvalue weighted by molar-refractivity contribution is 0.103. The molecule has 0 unspecified atom stereocenters. The number of carbonyl (C=O) groups is 1. The highest BCUT2D eigenvalue weighted by atomic mass is 16.5. The first kappa shape index (κ1) is 10.4. The van der Waals surface area contributed by atoms with E-state index in [1.165, 1.54) is 0 Å². The number of benzene rings is 1. The van der Waals surface area contributed by atoms with Gasteiger partial charge < -0.3 is 4.74 Å². The molecule has 0 aliphatic carbocycles. The SMILES string of the molecule is COc1ccccc1C(=O)c1cnn(C)c1. The average molecular weight is 216 g/mol. The zero-order valence-electron chi connectivity index (χ0n) is 9.18. The zero-order valence-corrected chi connectivity index (χ0v) is 9.18. The smallest absolute Gasteiger partial charge is 0.199 e. The van der Waals surface area contributed by atoms with Crippen LogP contribution in [0.2, 0.25) is 0 Å². The van der Waals surface area contributed by atoms with Gasteiger partial charge in [-0.3, -0.25) is 9.48 Å². The summed E-state index contributed by atoms with van der Waals surface area (Å²) in [5, 5.41) is 3.97. The predicted octanol–water partition coefficient (Wildman–Crippen LogP) is 1.66. The number of methoxy groups -OCH3 is 1. The number of ether oxygens (including phenoxy) is 1. The summed E-state index contributed by atoms with van der Waals surface area (Å²) in [4.78, 5) is 12.1. The summed E-state index contributed by atoms with van der Waals surface area (Å²) < 4.78 is 6.75. The highest BCUT2D eigenvalue weighted by Crippen LogP contribution is 2.20. The van der Waals surface area contributed by atoms with E-state index in [2.05, 4.69) is 5.10 Å². The molecule has 0 aliphatic rings. The number of aryl methyl sites for hydroxylation is 1. The van der Waals surface area contributed by atoms with Crippen molar-refractivity contribution in [2.45, 2.75) is 0 Å². The summed E-state index contributed by atoms with van der Waals surface area (Å²) in [6.45, 7) is 0. The zero-order chi connectivity index (χ0) is 11.5. The van der Waals surface area contributed by atoms with Crippen LogP contribution < -0.4 is 4.74 Å². The average Bonchev–Trinajstić information content (AvgIpc) is 2.75. The molecular formula is C12H12N2O2. The van der Waals surface area contributed by atoms with Crippen LogP contribution in [0.1, 0.15) is 15.9 Å². The Morgan fingerprint density at radius 3 is 2.75 bits per heavy atom. The minimum atomic E-state index is -0.0782. The van der Waals surface area contributed by atoms with E-state index in [1.54, 1.807) is 43.4 Å². The summed E-state index contributed by atoms with van der Waals surface area (Å²) in [6.07, 6.45) is 3.24. The Morgan fingerprint density at radius 1 is 1.38 bits per heavy atom. The van der Waals surface area contributed by atoms with Crippen LogP contribution in [-0.4, -0.2) is 22.7 Å². The molecule has 0 aliphatic heterocycles. The van der Waals surface area contributed by atoms with Crippen molar-refractivity contribution in [3.05, 3.63) is 47.8 Å². The molecule has 1 heterocycles. The molecule has 1 aromatic carbocycles. The topological polar surface area (TPSA) is 44.1 Å². The Hall–Kier alpha value is -2.10. The van der Waals surface area contributed by atoms with Gasteiger partial charge >= 0.3 is 0 Å². The fourth-order valence-corrected chi connectivity index (χ4v) is 1.53. The first-order valence-electron chi connectivity index (χ1n) is 4.88. The fourth-order valence-electron chi connectivity index (χ4n) is 1.53. The maximum atomic E-state index is 12.1. The Kier molecular flexibility index (Phi) is 2.72. The van der Waals surface area contributed by atoms with Crippen LogP contribution in [0.15, 0.2) is 36.7 Å². The monoisotopic (exact) mass is 216 g/mol. The van der Waals surface area contributed by atoms with Gasteiger partial charge in [-0.15, -0.1) is 0 Å².